The lowest BCUT2D eigenvalue weighted by Crippen LogP contribution is -2.38. The Morgan fingerprint density at radius 3 is 2.56 bits per heavy atom. The van der Waals surface area contributed by atoms with Crippen LogP contribution >= 0.6 is 11.3 Å². The smallest absolute Gasteiger partial charge is 0.328 e. The second kappa shape index (κ2) is 11.1. The number of hydrogen-bond acceptors (Lipinski definition) is 7. The Hall–Kier alpha value is -3.65. The Balaban J connectivity index is 1.50. The third kappa shape index (κ3) is 6.18. The fourth-order valence-electron chi connectivity index (χ4n) is 2.80. The van der Waals surface area contributed by atoms with Crippen molar-refractivity contribution >= 4 is 29.3 Å². The number of ether oxygens (including phenoxy) is 3. The lowest BCUT2D eigenvalue weighted by molar-refractivity contribution is -0.148. The number of nitrogens with zero attached hydrogens (tertiary/aromatic N) is 1. The van der Waals surface area contributed by atoms with E-state index < -0.39 is 17.9 Å². The highest BCUT2D eigenvalue weighted by Gasteiger charge is 2.17. The number of esters is 1. The molecule has 0 spiro atoms. The van der Waals surface area contributed by atoms with E-state index in [-0.39, 0.29) is 6.61 Å². The molecule has 1 atom stereocenters. The Kier molecular flexibility index (Phi) is 7.99. The second-order valence-electron chi connectivity index (χ2n) is 6.79. The van der Waals surface area contributed by atoms with Gasteiger partial charge in [-0.1, -0.05) is 24.3 Å². The summed E-state index contributed by atoms with van der Waals surface area (Å²) in [5, 5.41) is 5.20. The first-order valence-electron chi connectivity index (χ1n) is 9.87. The van der Waals surface area contributed by atoms with Gasteiger partial charge in [0.05, 0.1) is 25.5 Å². The van der Waals surface area contributed by atoms with Crippen molar-refractivity contribution in [3.63, 3.8) is 0 Å². The molecule has 166 valence electrons. The molecule has 0 saturated carbocycles. The minimum absolute atomic E-state index is 0.0202. The normalized spacial score (nSPS) is 11.7. The average molecular weight is 453 g/mol. The van der Waals surface area contributed by atoms with Crippen molar-refractivity contribution in [3.8, 4) is 22.1 Å². The van der Waals surface area contributed by atoms with Crippen LogP contribution in [0.1, 0.15) is 18.2 Å². The van der Waals surface area contributed by atoms with Crippen molar-refractivity contribution in [1.82, 2.24) is 10.3 Å². The van der Waals surface area contributed by atoms with Crippen molar-refractivity contribution in [2.24, 2.45) is 0 Å². The molecule has 3 rings (SSSR count). The minimum atomic E-state index is -0.796. The minimum Gasteiger partial charge on any atom is -0.497 e. The van der Waals surface area contributed by atoms with Gasteiger partial charge in [0.2, 0.25) is 5.91 Å². The highest BCUT2D eigenvalue weighted by molar-refractivity contribution is 7.13. The molecule has 0 aliphatic carbocycles. The van der Waals surface area contributed by atoms with Crippen LogP contribution in [0.25, 0.3) is 16.6 Å². The van der Waals surface area contributed by atoms with Gasteiger partial charge in [-0.25, -0.2) is 9.78 Å². The second-order valence-corrected chi connectivity index (χ2v) is 7.65. The number of hydrogen-bond donors (Lipinski definition) is 1. The number of carbonyl (C=O) groups excluding carboxylic acids is 2. The Bertz CT molecular complexity index is 1090. The van der Waals surface area contributed by atoms with Crippen molar-refractivity contribution in [2.45, 2.75) is 19.6 Å². The standard InChI is InChI=1S/C24H24N2O5S/c1-16(25-22(27)13-10-17-8-11-19(29-2)12-9-17)24(28)31-14-18-15-32-23(26-18)20-6-4-5-7-21(20)30-3/h4-13,15-16H,14H2,1-3H3,(H,25,27). The van der Waals surface area contributed by atoms with E-state index >= 15 is 0 Å². The molecule has 7 nitrogen and oxygen atoms in total. The van der Waals surface area contributed by atoms with Gasteiger partial charge in [0.15, 0.2) is 0 Å². The summed E-state index contributed by atoms with van der Waals surface area (Å²) >= 11 is 1.44. The van der Waals surface area contributed by atoms with Crippen molar-refractivity contribution < 1.29 is 23.8 Å². The van der Waals surface area contributed by atoms with Crippen molar-refractivity contribution in [3.05, 3.63) is 71.2 Å². The van der Waals surface area contributed by atoms with Gasteiger partial charge in [-0.2, -0.15) is 0 Å². The lowest BCUT2D eigenvalue weighted by Gasteiger charge is -2.11. The van der Waals surface area contributed by atoms with Crippen LogP contribution in [0.5, 0.6) is 11.5 Å². The van der Waals surface area contributed by atoms with Gasteiger partial charge in [0, 0.05) is 11.5 Å². The van der Waals surface area contributed by atoms with E-state index in [2.05, 4.69) is 10.3 Å². The van der Waals surface area contributed by atoms with E-state index in [1.165, 1.54) is 17.4 Å². The number of rotatable bonds is 9. The van der Waals surface area contributed by atoms with Crippen LogP contribution in [0.3, 0.4) is 0 Å². The number of methoxy groups -OCH3 is 2. The van der Waals surface area contributed by atoms with Crippen LogP contribution in [-0.4, -0.2) is 37.1 Å². The number of nitrogens with one attached hydrogen (secondary N) is 1. The van der Waals surface area contributed by atoms with Crippen LogP contribution in [0, 0.1) is 0 Å². The molecule has 0 bridgehead atoms. The fraction of sp³-hybridized carbons (Fsp3) is 0.208. The molecule has 32 heavy (non-hydrogen) atoms. The quantitative estimate of drug-likeness (QED) is 0.389. The Morgan fingerprint density at radius 2 is 1.84 bits per heavy atom. The first-order chi connectivity index (χ1) is 15.5. The summed E-state index contributed by atoms with van der Waals surface area (Å²) in [5.41, 5.74) is 2.34. The largest absolute Gasteiger partial charge is 0.497 e. The van der Waals surface area contributed by atoms with Crippen LogP contribution in [0.2, 0.25) is 0 Å². The van der Waals surface area contributed by atoms with E-state index in [1.807, 2.05) is 41.8 Å². The number of thiazole rings is 1. The topological polar surface area (TPSA) is 86.8 Å². The predicted molar refractivity (Wildman–Crippen MR) is 124 cm³/mol. The van der Waals surface area contributed by atoms with Gasteiger partial charge >= 0.3 is 5.97 Å². The van der Waals surface area contributed by atoms with E-state index in [1.54, 1.807) is 39.4 Å². The van der Waals surface area contributed by atoms with Crippen LogP contribution < -0.4 is 14.8 Å². The van der Waals surface area contributed by atoms with Gasteiger partial charge < -0.3 is 19.5 Å². The van der Waals surface area contributed by atoms with E-state index in [4.69, 9.17) is 14.2 Å². The summed E-state index contributed by atoms with van der Waals surface area (Å²) < 4.78 is 15.8. The fourth-order valence-corrected chi connectivity index (χ4v) is 3.63. The molecule has 3 aromatic rings. The third-order valence-electron chi connectivity index (χ3n) is 4.51. The van der Waals surface area contributed by atoms with E-state index in [9.17, 15) is 9.59 Å². The number of benzene rings is 2. The molecule has 8 heteroatoms. The number of carbonyl (C=O) groups is 2. The Morgan fingerprint density at radius 1 is 1.09 bits per heavy atom. The molecule has 1 amide bonds. The lowest BCUT2D eigenvalue weighted by atomic mass is 10.2. The molecule has 0 radical (unpaired) electrons. The molecular weight excluding hydrogens is 428 g/mol. The molecule has 1 N–H and O–H groups in total. The van der Waals surface area contributed by atoms with Gasteiger partial charge in [-0.05, 0) is 42.8 Å². The Labute approximate surface area is 190 Å². The number of aromatic nitrogens is 1. The molecule has 1 aromatic heterocycles. The third-order valence-corrected chi connectivity index (χ3v) is 5.43. The average Bonchev–Trinajstić information content (AvgIpc) is 3.30. The predicted octanol–water partition coefficient (Wildman–Crippen LogP) is 4.09. The van der Waals surface area contributed by atoms with Gasteiger partial charge in [-0.15, -0.1) is 11.3 Å². The SMILES string of the molecule is COc1ccc(C=CC(=O)NC(C)C(=O)OCc2csc(-c3ccccc3OC)n2)cc1. The maximum atomic E-state index is 12.3. The molecule has 1 unspecified atom stereocenters. The van der Waals surface area contributed by atoms with E-state index in [0.717, 1.165) is 27.6 Å². The van der Waals surface area contributed by atoms with Crippen LogP contribution in [0.4, 0.5) is 0 Å². The van der Waals surface area contributed by atoms with Crippen molar-refractivity contribution in [1.29, 1.82) is 0 Å². The van der Waals surface area contributed by atoms with Crippen molar-refractivity contribution in [2.75, 3.05) is 14.2 Å². The molecule has 2 aromatic carbocycles. The maximum Gasteiger partial charge on any atom is 0.328 e. The van der Waals surface area contributed by atoms with E-state index in [0.29, 0.717) is 5.69 Å². The first-order valence-corrected chi connectivity index (χ1v) is 10.7. The zero-order valence-electron chi connectivity index (χ0n) is 18.0. The highest BCUT2D eigenvalue weighted by Crippen LogP contribution is 2.31. The summed E-state index contributed by atoms with van der Waals surface area (Å²) in [6.45, 7) is 1.59. The van der Waals surface area contributed by atoms with Crippen LogP contribution in [0.15, 0.2) is 60.0 Å². The van der Waals surface area contributed by atoms with Gasteiger partial charge in [0.25, 0.3) is 0 Å². The zero-order valence-corrected chi connectivity index (χ0v) is 18.8. The summed E-state index contributed by atoms with van der Waals surface area (Å²) in [5.74, 6) is 0.531. The molecule has 0 aliphatic rings. The number of amides is 1. The molecule has 0 aliphatic heterocycles. The molecule has 0 saturated heterocycles. The van der Waals surface area contributed by atoms with Gasteiger partial charge in [-0.3, -0.25) is 4.79 Å². The summed E-state index contributed by atoms with van der Waals surface area (Å²) in [6, 6.07) is 14.0. The molecule has 0 fully saturated rings. The van der Waals surface area contributed by atoms with Crippen LogP contribution in [-0.2, 0) is 20.9 Å². The first kappa shape index (κ1) is 23.0. The maximum absolute atomic E-state index is 12.3. The monoisotopic (exact) mass is 452 g/mol. The molecular formula is C24H24N2O5S. The summed E-state index contributed by atoms with van der Waals surface area (Å²) in [4.78, 5) is 28.9. The molecule has 1 heterocycles. The summed E-state index contributed by atoms with van der Waals surface area (Å²) in [6.07, 6.45) is 3.02. The number of para-hydroxylation sites is 1. The highest BCUT2D eigenvalue weighted by atomic mass is 32.1. The summed E-state index contributed by atoms with van der Waals surface area (Å²) in [7, 11) is 3.20. The van der Waals surface area contributed by atoms with Gasteiger partial charge in [0.1, 0.15) is 29.2 Å². The zero-order chi connectivity index (χ0) is 22.9.